The standard InChI is InChI=1S/C18H18N2OS2/c1-2-15(21-8-1)18-19-13(11-23-18)10-20-7-5-16-14(6-9-22-16)17(20)12-3-4-12/h1-2,6,8-9,11-12,17H,3-5,7,10H2. The second-order valence-electron chi connectivity index (χ2n) is 6.42. The molecule has 0 bridgehead atoms. The maximum Gasteiger partial charge on any atom is 0.162 e. The topological polar surface area (TPSA) is 29.3 Å². The van der Waals surface area contributed by atoms with Gasteiger partial charge in [-0.1, -0.05) is 0 Å². The summed E-state index contributed by atoms with van der Waals surface area (Å²) in [6.07, 6.45) is 5.66. The largest absolute Gasteiger partial charge is 0.462 e. The van der Waals surface area contributed by atoms with Gasteiger partial charge in [0.1, 0.15) is 0 Å². The van der Waals surface area contributed by atoms with E-state index in [0.717, 1.165) is 29.8 Å². The number of hydrogen-bond donors (Lipinski definition) is 0. The minimum absolute atomic E-state index is 0.610. The minimum Gasteiger partial charge on any atom is -0.462 e. The number of fused-ring (bicyclic) bond motifs is 1. The average Bonchev–Trinajstić information content (AvgIpc) is 3.01. The normalized spacial score (nSPS) is 21.5. The van der Waals surface area contributed by atoms with Crippen molar-refractivity contribution in [1.82, 2.24) is 9.88 Å². The molecule has 0 aromatic carbocycles. The number of furan rings is 1. The fourth-order valence-electron chi connectivity index (χ4n) is 3.64. The number of rotatable bonds is 4. The maximum atomic E-state index is 5.46. The molecule has 0 saturated heterocycles. The van der Waals surface area contributed by atoms with E-state index in [1.807, 2.05) is 23.5 Å². The second kappa shape index (κ2) is 5.58. The summed E-state index contributed by atoms with van der Waals surface area (Å²) in [6.45, 7) is 2.11. The summed E-state index contributed by atoms with van der Waals surface area (Å²) in [5, 5.41) is 5.44. The van der Waals surface area contributed by atoms with E-state index in [0.29, 0.717) is 6.04 Å². The molecule has 5 heteroatoms. The third kappa shape index (κ3) is 2.57. The van der Waals surface area contributed by atoms with Gasteiger partial charge in [-0.25, -0.2) is 4.98 Å². The van der Waals surface area contributed by atoms with Crippen molar-refractivity contribution in [2.45, 2.75) is 31.8 Å². The van der Waals surface area contributed by atoms with E-state index >= 15 is 0 Å². The molecule has 1 saturated carbocycles. The third-order valence-corrected chi connectivity index (χ3v) is 6.74. The molecule has 0 radical (unpaired) electrons. The smallest absolute Gasteiger partial charge is 0.162 e. The molecule has 0 spiro atoms. The molecule has 2 aliphatic rings. The van der Waals surface area contributed by atoms with Gasteiger partial charge in [-0.15, -0.1) is 22.7 Å². The van der Waals surface area contributed by atoms with Crippen LogP contribution in [-0.2, 0) is 13.0 Å². The van der Waals surface area contributed by atoms with E-state index in [1.165, 1.54) is 25.0 Å². The van der Waals surface area contributed by atoms with E-state index in [4.69, 9.17) is 9.40 Å². The highest BCUT2D eigenvalue weighted by molar-refractivity contribution is 7.13. The lowest BCUT2D eigenvalue weighted by atomic mass is 9.96. The number of nitrogens with zero attached hydrogens (tertiary/aromatic N) is 2. The van der Waals surface area contributed by atoms with Crippen LogP contribution in [0.3, 0.4) is 0 Å². The molecule has 0 amide bonds. The van der Waals surface area contributed by atoms with Crippen molar-refractivity contribution in [3.63, 3.8) is 0 Å². The van der Waals surface area contributed by atoms with Crippen molar-refractivity contribution in [2.24, 2.45) is 5.92 Å². The fraction of sp³-hybridized carbons (Fsp3) is 0.389. The summed E-state index contributed by atoms with van der Waals surface area (Å²) in [5.41, 5.74) is 2.76. The summed E-state index contributed by atoms with van der Waals surface area (Å²) in [5.74, 6) is 1.73. The highest BCUT2D eigenvalue weighted by atomic mass is 32.1. The van der Waals surface area contributed by atoms with Gasteiger partial charge in [0.25, 0.3) is 0 Å². The molecule has 0 N–H and O–H groups in total. The van der Waals surface area contributed by atoms with Gasteiger partial charge >= 0.3 is 0 Å². The van der Waals surface area contributed by atoms with Gasteiger partial charge < -0.3 is 4.42 Å². The van der Waals surface area contributed by atoms with Crippen LogP contribution in [0, 0.1) is 5.92 Å². The van der Waals surface area contributed by atoms with Gasteiger partial charge in [-0.05, 0) is 54.3 Å². The Labute approximate surface area is 143 Å². The molecule has 3 aromatic heterocycles. The van der Waals surface area contributed by atoms with Crippen LogP contribution in [0.1, 0.15) is 35.0 Å². The Kier molecular flexibility index (Phi) is 3.39. The van der Waals surface area contributed by atoms with Crippen molar-refractivity contribution in [1.29, 1.82) is 0 Å². The molecule has 23 heavy (non-hydrogen) atoms. The van der Waals surface area contributed by atoms with Gasteiger partial charge in [0.15, 0.2) is 10.8 Å². The van der Waals surface area contributed by atoms with E-state index in [1.54, 1.807) is 28.0 Å². The molecule has 118 valence electrons. The lowest BCUT2D eigenvalue weighted by Gasteiger charge is -2.35. The van der Waals surface area contributed by atoms with Gasteiger partial charge in [0.2, 0.25) is 0 Å². The predicted molar refractivity (Wildman–Crippen MR) is 93.7 cm³/mol. The third-order valence-electron chi connectivity index (χ3n) is 4.84. The molecular weight excluding hydrogens is 324 g/mol. The zero-order chi connectivity index (χ0) is 15.2. The molecule has 1 aliphatic carbocycles. The monoisotopic (exact) mass is 342 g/mol. The van der Waals surface area contributed by atoms with Crippen LogP contribution in [0.5, 0.6) is 0 Å². The maximum absolute atomic E-state index is 5.46. The van der Waals surface area contributed by atoms with E-state index in [2.05, 4.69) is 21.7 Å². The molecule has 4 heterocycles. The first kappa shape index (κ1) is 14.0. The minimum atomic E-state index is 0.610. The molecule has 1 fully saturated rings. The van der Waals surface area contributed by atoms with Crippen LogP contribution >= 0.6 is 22.7 Å². The van der Waals surface area contributed by atoms with Crippen molar-refractivity contribution in [2.75, 3.05) is 6.54 Å². The van der Waals surface area contributed by atoms with E-state index in [-0.39, 0.29) is 0 Å². The molecule has 5 rings (SSSR count). The number of hydrogen-bond acceptors (Lipinski definition) is 5. The summed E-state index contributed by atoms with van der Waals surface area (Å²) in [4.78, 5) is 9.04. The average molecular weight is 342 g/mol. The Balaban J connectivity index is 1.40. The first-order valence-corrected chi connectivity index (χ1v) is 9.93. The van der Waals surface area contributed by atoms with Crippen molar-refractivity contribution >= 4 is 22.7 Å². The lowest BCUT2D eigenvalue weighted by molar-refractivity contribution is 0.156. The summed E-state index contributed by atoms with van der Waals surface area (Å²) in [7, 11) is 0. The Morgan fingerprint density at radius 2 is 2.22 bits per heavy atom. The zero-order valence-corrected chi connectivity index (χ0v) is 14.4. The van der Waals surface area contributed by atoms with Gasteiger partial charge in [-0.3, -0.25) is 4.90 Å². The summed E-state index contributed by atoms with van der Waals surface area (Å²) < 4.78 is 5.46. The van der Waals surface area contributed by atoms with Crippen molar-refractivity contribution in [3.05, 3.63) is 51.4 Å². The molecule has 1 unspecified atom stereocenters. The quantitative estimate of drug-likeness (QED) is 0.670. The molecule has 1 aliphatic heterocycles. The SMILES string of the molecule is c1coc(-c2nc(CN3CCc4sccc4C3C3CC3)cs2)c1. The van der Waals surface area contributed by atoms with Gasteiger partial charge in [-0.2, -0.15) is 0 Å². The number of thiophene rings is 1. The van der Waals surface area contributed by atoms with E-state index in [9.17, 15) is 0 Å². The van der Waals surface area contributed by atoms with Gasteiger partial charge in [0.05, 0.1) is 12.0 Å². The second-order valence-corrected chi connectivity index (χ2v) is 8.28. The molecule has 3 aromatic rings. The lowest BCUT2D eigenvalue weighted by Crippen LogP contribution is -2.35. The Morgan fingerprint density at radius 1 is 1.26 bits per heavy atom. The van der Waals surface area contributed by atoms with Crippen LogP contribution in [0.25, 0.3) is 10.8 Å². The Bertz CT molecular complexity index is 801. The van der Waals surface area contributed by atoms with Crippen molar-refractivity contribution < 1.29 is 4.42 Å². The fourth-order valence-corrected chi connectivity index (χ4v) is 5.33. The predicted octanol–water partition coefficient (Wildman–Crippen LogP) is 4.97. The van der Waals surface area contributed by atoms with E-state index < -0.39 is 0 Å². The van der Waals surface area contributed by atoms with Crippen LogP contribution in [0.4, 0.5) is 0 Å². The Hall–Kier alpha value is -1.43. The van der Waals surface area contributed by atoms with Crippen LogP contribution in [0.15, 0.2) is 39.6 Å². The highest BCUT2D eigenvalue weighted by Gasteiger charge is 2.39. The summed E-state index contributed by atoms with van der Waals surface area (Å²) in [6, 6.07) is 6.86. The van der Waals surface area contributed by atoms with Crippen LogP contribution < -0.4 is 0 Å². The van der Waals surface area contributed by atoms with Crippen molar-refractivity contribution in [3.8, 4) is 10.8 Å². The zero-order valence-electron chi connectivity index (χ0n) is 12.8. The highest BCUT2D eigenvalue weighted by Crippen LogP contribution is 2.48. The Morgan fingerprint density at radius 3 is 3.04 bits per heavy atom. The van der Waals surface area contributed by atoms with Crippen LogP contribution in [0.2, 0.25) is 0 Å². The van der Waals surface area contributed by atoms with Crippen LogP contribution in [-0.4, -0.2) is 16.4 Å². The number of thiazole rings is 1. The molecular formula is C18H18N2OS2. The molecule has 3 nitrogen and oxygen atoms in total. The first-order chi connectivity index (χ1) is 11.4. The molecule has 1 atom stereocenters. The first-order valence-electron chi connectivity index (χ1n) is 8.17. The number of aromatic nitrogens is 1. The summed E-state index contributed by atoms with van der Waals surface area (Å²) >= 11 is 3.61. The van der Waals surface area contributed by atoms with Gasteiger partial charge in [0, 0.05) is 29.4 Å².